The summed E-state index contributed by atoms with van der Waals surface area (Å²) >= 11 is 0. The zero-order valence-corrected chi connectivity index (χ0v) is 15.4. The number of nitrogens with zero attached hydrogens (tertiary/aromatic N) is 3. The van der Waals surface area contributed by atoms with Crippen LogP contribution in [0.3, 0.4) is 0 Å². The van der Waals surface area contributed by atoms with Gasteiger partial charge in [-0.1, -0.05) is 20.3 Å². The maximum absolute atomic E-state index is 11.7. The molecule has 6 nitrogen and oxygen atoms in total. The van der Waals surface area contributed by atoms with E-state index in [2.05, 4.69) is 34.4 Å². The Labute approximate surface area is 141 Å². The number of likely N-dealkylation sites (tertiary alicyclic amines) is 1. The zero-order valence-electron chi connectivity index (χ0n) is 15.4. The van der Waals surface area contributed by atoms with Crippen LogP contribution in [-0.2, 0) is 4.79 Å². The van der Waals surface area contributed by atoms with Crippen molar-refractivity contribution >= 4 is 11.9 Å². The second kappa shape index (κ2) is 11.3. The molecule has 0 saturated carbocycles. The van der Waals surface area contributed by atoms with Crippen LogP contribution < -0.4 is 10.6 Å². The van der Waals surface area contributed by atoms with Gasteiger partial charge in [0.2, 0.25) is 5.91 Å². The molecule has 1 aliphatic heterocycles. The Morgan fingerprint density at radius 1 is 1.22 bits per heavy atom. The average Bonchev–Trinajstić information content (AvgIpc) is 2.54. The van der Waals surface area contributed by atoms with Crippen molar-refractivity contribution < 1.29 is 4.79 Å². The number of unbranched alkanes of at least 4 members (excludes halogenated alkanes) is 1. The van der Waals surface area contributed by atoms with Crippen LogP contribution in [-0.4, -0.2) is 74.5 Å². The van der Waals surface area contributed by atoms with E-state index in [9.17, 15) is 4.79 Å². The normalized spacial score (nSPS) is 17.1. The number of amides is 1. The Morgan fingerprint density at radius 3 is 2.48 bits per heavy atom. The van der Waals surface area contributed by atoms with Gasteiger partial charge in [-0.05, 0) is 32.2 Å². The maximum atomic E-state index is 11.7. The Hall–Kier alpha value is -1.30. The number of hydrogen-bond acceptors (Lipinski definition) is 3. The summed E-state index contributed by atoms with van der Waals surface area (Å²) in [6.07, 6.45) is 5.74. The predicted molar refractivity (Wildman–Crippen MR) is 96.8 cm³/mol. The molecule has 1 heterocycles. The Kier molecular flexibility index (Phi) is 9.67. The molecule has 1 saturated heterocycles. The third kappa shape index (κ3) is 8.21. The van der Waals surface area contributed by atoms with Gasteiger partial charge < -0.3 is 20.4 Å². The van der Waals surface area contributed by atoms with E-state index in [1.807, 2.05) is 0 Å². The first-order valence-corrected chi connectivity index (χ1v) is 9.04. The number of aliphatic imine (C=N–C) groups is 1. The molecular formula is C17H35N5O. The van der Waals surface area contributed by atoms with Crippen LogP contribution in [0.2, 0.25) is 0 Å². The van der Waals surface area contributed by atoms with Gasteiger partial charge in [-0.25, -0.2) is 4.99 Å². The quantitative estimate of drug-likeness (QED) is 0.401. The number of carbonyl (C=O) groups excluding carboxylic acids is 1. The monoisotopic (exact) mass is 325 g/mol. The molecule has 1 fully saturated rings. The molecule has 0 aromatic carbocycles. The van der Waals surface area contributed by atoms with Crippen molar-refractivity contribution in [3.63, 3.8) is 0 Å². The zero-order chi connectivity index (χ0) is 17.1. The fraction of sp³-hybridized carbons (Fsp3) is 0.882. The lowest BCUT2D eigenvalue weighted by Gasteiger charge is -2.32. The summed E-state index contributed by atoms with van der Waals surface area (Å²) in [4.78, 5) is 20.3. The summed E-state index contributed by atoms with van der Waals surface area (Å²) in [5.74, 6) is 0.807. The van der Waals surface area contributed by atoms with Gasteiger partial charge in [0.25, 0.3) is 0 Å². The molecule has 1 aliphatic rings. The van der Waals surface area contributed by atoms with Gasteiger partial charge in [0.05, 0.1) is 0 Å². The highest BCUT2D eigenvalue weighted by molar-refractivity contribution is 5.84. The van der Waals surface area contributed by atoms with E-state index in [1.54, 1.807) is 19.0 Å². The fourth-order valence-electron chi connectivity index (χ4n) is 2.63. The van der Waals surface area contributed by atoms with E-state index in [0.29, 0.717) is 6.04 Å². The van der Waals surface area contributed by atoms with Crippen LogP contribution in [0.1, 0.15) is 46.0 Å². The SMILES string of the molecule is CCCCNC(=NCC(=O)N(C)C)NC1CCN(CCC)CC1. The minimum Gasteiger partial charge on any atom is -0.356 e. The molecule has 134 valence electrons. The van der Waals surface area contributed by atoms with Crippen molar-refractivity contribution in [2.24, 2.45) is 4.99 Å². The summed E-state index contributed by atoms with van der Waals surface area (Å²) in [7, 11) is 3.53. The number of piperidine rings is 1. The summed E-state index contributed by atoms with van der Waals surface area (Å²) in [6, 6.07) is 0.449. The Morgan fingerprint density at radius 2 is 1.91 bits per heavy atom. The molecule has 6 heteroatoms. The van der Waals surface area contributed by atoms with Crippen molar-refractivity contribution in [3.05, 3.63) is 0 Å². The first-order valence-electron chi connectivity index (χ1n) is 9.04. The molecule has 0 atom stereocenters. The summed E-state index contributed by atoms with van der Waals surface area (Å²) < 4.78 is 0. The molecule has 23 heavy (non-hydrogen) atoms. The lowest BCUT2D eigenvalue weighted by atomic mass is 10.1. The molecule has 0 aliphatic carbocycles. The fourth-order valence-corrected chi connectivity index (χ4v) is 2.63. The van der Waals surface area contributed by atoms with E-state index in [4.69, 9.17) is 0 Å². The summed E-state index contributed by atoms with van der Waals surface area (Å²) in [6.45, 7) is 8.98. The molecule has 0 aromatic heterocycles. The van der Waals surface area contributed by atoms with Crippen LogP contribution in [0.15, 0.2) is 4.99 Å². The van der Waals surface area contributed by atoms with Crippen LogP contribution in [0, 0.1) is 0 Å². The van der Waals surface area contributed by atoms with Gasteiger partial charge in [-0.3, -0.25) is 4.79 Å². The second-order valence-electron chi connectivity index (χ2n) is 6.49. The number of nitrogens with one attached hydrogen (secondary N) is 2. The lowest BCUT2D eigenvalue weighted by molar-refractivity contribution is -0.127. The molecule has 2 N–H and O–H groups in total. The van der Waals surface area contributed by atoms with Crippen molar-refractivity contribution in [2.75, 3.05) is 46.8 Å². The molecule has 0 unspecified atom stereocenters. The van der Waals surface area contributed by atoms with Crippen molar-refractivity contribution in [3.8, 4) is 0 Å². The lowest BCUT2D eigenvalue weighted by Crippen LogP contribution is -2.49. The van der Waals surface area contributed by atoms with Crippen molar-refractivity contribution in [1.29, 1.82) is 0 Å². The third-order valence-corrected chi connectivity index (χ3v) is 4.16. The predicted octanol–water partition coefficient (Wildman–Crippen LogP) is 1.28. The van der Waals surface area contributed by atoms with Gasteiger partial charge in [0.15, 0.2) is 5.96 Å². The van der Waals surface area contributed by atoms with Crippen LogP contribution in [0.5, 0.6) is 0 Å². The largest absolute Gasteiger partial charge is 0.356 e. The first kappa shape index (κ1) is 19.7. The van der Waals surface area contributed by atoms with Crippen molar-refractivity contribution in [2.45, 2.75) is 52.0 Å². The highest BCUT2D eigenvalue weighted by Gasteiger charge is 2.19. The first-order chi connectivity index (χ1) is 11.1. The number of hydrogen-bond donors (Lipinski definition) is 2. The van der Waals surface area contributed by atoms with E-state index >= 15 is 0 Å². The van der Waals surface area contributed by atoms with Crippen LogP contribution in [0.25, 0.3) is 0 Å². The molecule has 1 rings (SSSR count). The highest BCUT2D eigenvalue weighted by atomic mass is 16.2. The standard InChI is InChI=1S/C17H35N5O/c1-5-7-10-18-17(19-14-16(23)21(3)4)20-15-8-12-22(11-6-2)13-9-15/h15H,5-14H2,1-4H3,(H2,18,19,20). The summed E-state index contributed by atoms with van der Waals surface area (Å²) in [5, 5.41) is 6.87. The molecule has 0 spiro atoms. The molecular weight excluding hydrogens is 290 g/mol. The number of carbonyl (C=O) groups is 1. The third-order valence-electron chi connectivity index (χ3n) is 4.16. The molecule has 0 aromatic rings. The minimum atomic E-state index is 0.0272. The van der Waals surface area contributed by atoms with Crippen LogP contribution in [0.4, 0.5) is 0 Å². The van der Waals surface area contributed by atoms with Gasteiger partial charge >= 0.3 is 0 Å². The average molecular weight is 326 g/mol. The van der Waals surface area contributed by atoms with Crippen LogP contribution >= 0.6 is 0 Å². The summed E-state index contributed by atoms with van der Waals surface area (Å²) in [5.41, 5.74) is 0. The second-order valence-corrected chi connectivity index (χ2v) is 6.49. The van der Waals surface area contributed by atoms with Gasteiger partial charge in [0, 0.05) is 39.8 Å². The number of guanidine groups is 1. The minimum absolute atomic E-state index is 0.0272. The van der Waals surface area contributed by atoms with Gasteiger partial charge in [0.1, 0.15) is 6.54 Å². The topological polar surface area (TPSA) is 60.0 Å². The molecule has 0 radical (unpaired) electrons. The smallest absolute Gasteiger partial charge is 0.243 e. The number of likely N-dealkylation sites (N-methyl/N-ethyl adjacent to an activating group) is 1. The van der Waals surface area contributed by atoms with Crippen molar-refractivity contribution in [1.82, 2.24) is 20.4 Å². The van der Waals surface area contributed by atoms with E-state index < -0.39 is 0 Å². The van der Waals surface area contributed by atoms with Gasteiger partial charge in [-0.2, -0.15) is 0 Å². The Balaban J connectivity index is 2.48. The number of rotatable bonds is 8. The molecule has 1 amide bonds. The molecule has 0 bridgehead atoms. The van der Waals surface area contributed by atoms with E-state index in [0.717, 1.165) is 51.3 Å². The Bertz CT molecular complexity index is 362. The highest BCUT2D eigenvalue weighted by Crippen LogP contribution is 2.10. The van der Waals surface area contributed by atoms with E-state index in [-0.39, 0.29) is 12.5 Å². The van der Waals surface area contributed by atoms with Gasteiger partial charge in [-0.15, -0.1) is 0 Å². The van der Waals surface area contributed by atoms with E-state index in [1.165, 1.54) is 13.0 Å². The maximum Gasteiger partial charge on any atom is 0.243 e.